The Kier molecular flexibility index (Phi) is 3.31. The predicted molar refractivity (Wildman–Crippen MR) is 52.3 cm³/mol. The molecule has 0 atom stereocenters. The first-order valence-corrected chi connectivity index (χ1v) is 4.26. The van der Waals surface area contributed by atoms with E-state index in [-0.39, 0.29) is 17.0 Å². The Morgan fingerprint density at radius 1 is 1.62 bits per heavy atom. The number of phenolic OH excluding ortho intramolecular Hbond substituents is 1. The molecule has 4 heteroatoms. The van der Waals surface area contributed by atoms with Crippen LogP contribution >= 0.6 is 0 Å². The zero-order valence-corrected chi connectivity index (χ0v) is 7.80. The summed E-state index contributed by atoms with van der Waals surface area (Å²) in [5.74, 6) is 0.459. The van der Waals surface area contributed by atoms with Crippen LogP contribution in [0.3, 0.4) is 0 Å². The van der Waals surface area contributed by atoms with Gasteiger partial charge in [-0.05, 0) is 22.7 Å². The molecule has 1 N–H and O–H groups in total. The van der Waals surface area contributed by atoms with Gasteiger partial charge >= 0.3 is 0 Å². The van der Waals surface area contributed by atoms with Gasteiger partial charge in [-0.1, -0.05) is 6.07 Å². The topological polar surface area (TPSA) is 46.5 Å². The molecule has 0 saturated carbocycles. The lowest BCUT2D eigenvalue weighted by Crippen LogP contribution is -1.84. The van der Waals surface area contributed by atoms with Crippen molar-refractivity contribution in [1.29, 1.82) is 0 Å². The molecule has 3 nitrogen and oxygen atoms in total. The van der Waals surface area contributed by atoms with Gasteiger partial charge in [0.05, 0.1) is 7.11 Å². The maximum absolute atomic E-state index is 10.0. The van der Waals surface area contributed by atoms with E-state index in [0.717, 1.165) is 5.56 Å². The molecule has 0 aliphatic carbocycles. The van der Waals surface area contributed by atoms with Gasteiger partial charge in [-0.15, -0.1) is 0 Å². The van der Waals surface area contributed by atoms with Crippen LogP contribution in [0.1, 0.15) is 5.56 Å². The Hall–Kier alpha value is -1.51. The molecule has 68 valence electrons. The molecular formula is C9H8O3S. The summed E-state index contributed by atoms with van der Waals surface area (Å²) in [5, 5.41) is 11.7. The summed E-state index contributed by atoms with van der Waals surface area (Å²) >= 11 is 0.255. The van der Waals surface area contributed by atoms with E-state index in [2.05, 4.69) is 5.02 Å². The average Bonchev–Trinajstić information content (AvgIpc) is 2.16. The van der Waals surface area contributed by atoms with Gasteiger partial charge in [-0.2, -0.15) is 0 Å². The van der Waals surface area contributed by atoms with Crippen molar-refractivity contribution < 1.29 is 14.1 Å². The summed E-state index contributed by atoms with van der Waals surface area (Å²) < 4.78 is 14.9. The number of aromatic hydroxyl groups is 1. The third kappa shape index (κ3) is 2.47. The Morgan fingerprint density at radius 3 is 3.00 bits per heavy atom. The molecule has 0 fully saturated rings. The van der Waals surface area contributed by atoms with Crippen molar-refractivity contribution in [3.05, 3.63) is 23.8 Å². The second-order valence-electron chi connectivity index (χ2n) is 2.28. The molecule has 0 saturated heterocycles. The second kappa shape index (κ2) is 4.50. The standard InChI is InChI=1S/C9H8O3S/c1-12-9-6-7(4-5-13-11)2-3-8(9)10/h2-4,6,10H,1H3. The van der Waals surface area contributed by atoms with Crippen LogP contribution < -0.4 is 4.74 Å². The number of phenols is 1. The molecule has 0 radical (unpaired) electrons. The Balaban J connectivity index is 3.13. The number of methoxy groups -OCH3 is 1. The van der Waals surface area contributed by atoms with Gasteiger partial charge in [0, 0.05) is 6.08 Å². The lowest BCUT2D eigenvalue weighted by Gasteiger charge is -2.02. The van der Waals surface area contributed by atoms with Gasteiger partial charge in [0.2, 0.25) is 0 Å². The van der Waals surface area contributed by atoms with Crippen molar-refractivity contribution in [3.8, 4) is 11.5 Å². The first kappa shape index (κ1) is 9.58. The minimum Gasteiger partial charge on any atom is -0.504 e. The van der Waals surface area contributed by atoms with Gasteiger partial charge in [0.15, 0.2) is 11.5 Å². The van der Waals surface area contributed by atoms with Crippen molar-refractivity contribution in [2.45, 2.75) is 0 Å². The summed E-state index contributed by atoms with van der Waals surface area (Å²) in [7, 11) is 1.47. The quantitative estimate of drug-likeness (QED) is 0.718. The highest BCUT2D eigenvalue weighted by molar-refractivity contribution is 7.64. The number of ether oxygens (including phenoxy) is 1. The maximum atomic E-state index is 10.0. The predicted octanol–water partition coefficient (Wildman–Crippen LogP) is 1.03. The van der Waals surface area contributed by atoms with Crippen LogP contribution in [0.4, 0.5) is 0 Å². The highest BCUT2D eigenvalue weighted by Crippen LogP contribution is 2.26. The minimum atomic E-state index is 0.0782. The fourth-order valence-corrected chi connectivity index (χ4v) is 1.06. The van der Waals surface area contributed by atoms with E-state index < -0.39 is 0 Å². The minimum absolute atomic E-state index is 0.0782. The molecule has 0 spiro atoms. The molecule has 0 heterocycles. The number of benzene rings is 1. The Labute approximate surface area is 79.4 Å². The summed E-state index contributed by atoms with van der Waals surface area (Å²) in [4.78, 5) is 0. The van der Waals surface area contributed by atoms with Gasteiger partial charge in [-0.3, -0.25) is 0 Å². The summed E-state index contributed by atoms with van der Waals surface area (Å²) in [6, 6.07) is 4.79. The molecule has 1 rings (SSSR count). The molecule has 0 amide bonds. The van der Waals surface area contributed by atoms with E-state index in [9.17, 15) is 9.32 Å². The van der Waals surface area contributed by atoms with Gasteiger partial charge < -0.3 is 9.84 Å². The second-order valence-corrected chi connectivity index (χ2v) is 2.68. The third-order valence-electron chi connectivity index (χ3n) is 1.48. The maximum Gasteiger partial charge on any atom is 0.161 e. The monoisotopic (exact) mass is 196 g/mol. The number of hydrogen-bond donors (Lipinski definition) is 1. The SMILES string of the molecule is COc1cc(C=C=S=O)ccc1O. The van der Waals surface area contributed by atoms with Crippen molar-refractivity contribution in [2.75, 3.05) is 7.11 Å². The van der Waals surface area contributed by atoms with Crippen LogP contribution in [0.25, 0.3) is 6.08 Å². The van der Waals surface area contributed by atoms with Crippen LogP contribution in [0, 0.1) is 0 Å². The lowest BCUT2D eigenvalue weighted by atomic mass is 10.2. The van der Waals surface area contributed by atoms with Gasteiger partial charge in [-0.25, -0.2) is 4.21 Å². The molecule has 0 aliphatic rings. The first-order valence-electron chi connectivity index (χ1n) is 3.52. The number of rotatable bonds is 2. The van der Waals surface area contributed by atoms with E-state index in [0.29, 0.717) is 5.75 Å². The highest BCUT2D eigenvalue weighted by atomic mass is 32.1. The summed E-state index contributed by atoms with van der Waals surface area (Å²) in [6.07, 6.45) is 1.53. The molecule has 0 aromatic heterocycles. The van der Waals surface area contributed by atoms with E-state index in [4.69, 9.17) is 4.74 Å². The van der Waals surface area contributed by atoms with E-state index in [1.807, 2.05) is 0 Å². The van der Waals surface area contributed by atoms with E-state index in [1.165, 1.54) is 19.3 Å². The molecule has 0 unspecified atom stereocenters. The molecule has 13 heavy (non-hydrogen) atoms. The fraction of sp³-hybridized carbons (Fsp3) is 0.111. The van der Waals surface area contributed by atoms with Crippen LogP contribution in [0.5, 0.6) is 11.5 Å². The molecule has 1 aromatic rings. The van der Waals surface area contributed by atoms with Crippen molar-refractivity contribution >= 4 is 22.4 Å². The largest absolute Gasteiger partial charge is 0.504 e. The zero-order valence-electron chi connectivity index (χ0n) is 6.98. The van der Waals surface area contributed by atoms with Crippen molar-refractivity contribution in [3.63, 3.8) is 0 Å². The first-order chi connectivity index (χ1) is 6.27. The van der Waals surface area contributed by atoms with Crippen LogP contribution in [0.2, 0.25) is 0 Å². The highest BCUT2D eigenvalue weighted by Gasteiger charge is 1.99. The Morgan fingerprint density at radius 2 is 2.38 bits per heavy atom. The van der Waals surface area contributed by atoms with Crippen LogP contribution in [0.15, 0.2) is 18.2 Å². The smallest absolute Gasteiger partial charge is 0.161 e. The van der Waals surface area contributed by atoms with Crippen LogP contribution in [-0.4, -0.2) is 21.4 Å². The molecule has 1 aromatic carbocycles. The van der Waals surface area contributed by atoms with Gasteiger partial charge in [0.1, 0.15) is 11.3 Å². The molecule has 0 aliphatic heterocycles. The van der Waals surface area contributed by atoms with E-state index >= 15 is 0 Å². The normalized spacial score (nSPS) is 8.69. The zero-order chi connectivity index (χ0) is 9.68. The fourth-order valence-electron chi connectivity index (χ4n) is 0.876. The third-order valence-corrected chi connectivity index (χ3v) is 1.69. The average molecular weight is 196 g/mol. The molecule has 0 bridgehead atoms. The lowest BCUT2D eigenvalue weighted by molar-refractivity contribution is 0.373. The van der Waals surface area contributed by atoms with Crippen LogP contribution in [-0.2, 0) is 11.3 Å². The molecular weight excluding hydrogens is 188 g/mol. The Bertz CT molecular complexity index is 388. The summed E-state index contributed by atoms with van der Waals surface area (Å²) in [6.45, 7) is 0. The van der Waals surface area contributed by atoms with E-state index in [1.54, 1.807) is 12.1 Å². The number of hydrogen-bond acceptors (Lipinski definition) is 3. The van der Waals surface area contributed by atoms with Crippen molar-refractivity contribution in [1.82, 2.24) is 0 Å². The summed E-state index contributed by atoms with van der Waals surface area (Å²) in [5.41, 5.74) is 0.762. The van der Waals surface area contributed by atoms with Gasteiger partial charge in [0.25, 0.3) is 0 Å². The van der Waals surface area contributed by atoms with Crippen molar-refractivity contribution in [2.24, 2.45) is 0 Å².